The predicted octanol–water partition coefficient (Wildman–Crippen LogP) is 3.24. The highest BCUT2D eigenvalue weighted by Gasteiger charge is 2.28. The van der Waals surface area contributed by atoms with Crippen LogP contribution in [-0.2, 0) is 6.54 Å². The molecule has 106 valence electrons. The van der Waals surface area contributed by atoms with E-state index in [4.69, 9.17) is 11.6 Å². The summed E-state index contributed by atoms with van der Waals surface area (Å²) in [5.74, 6) is 0. The summed E-state index contributed by atoms with van der Waals surface area (Å²) >= 11 is 6.29. The Bertz CT molecular complexity index is 627. The van der Waals surface area contributed by atoms with Gasteiger partial charge in [-0.1, -0.05) is 29.8 Å². The second kappa shape index (κ2) is 5.32. The van der Waals surface area contributed by atoms with Crippen molar-refractivity contribution in [3.63, 3.8) is 0 Å². The molecule has 0 saturated carbocycles. The number of hydrogen-bond donors (Lipinski definition) is 1. The van der Waals surface area contributed by atoms with Gasteiger partial charge in [0.05, 0.1) is 11.1 Å². The molecule has 0 aliphatic carbocycles. The molecule has 1 atom stereocenters. The van der Waals surface area contributed by atoms with E-state index in [1.807, 2.05) is 25.1 Å². The fraction of sp³-hybridized carbons (Fsp3) is 0.438. The van der Waals surface area contributed by atoms with Gasteiger partial charge in [-0.15, -0.1) is 0 Å². The van der Waals surface area contributed by atoms with E-state index in [1.54, 1.807) is 0 Å². The van der Waals surface area contributed by atoms with Gasteiger partial charge < -0.3 is 5.11 Å². The highest BCUT2D eigenvalue weighted by atomic mass is 35.5. The molecule has 1 aromatic carbocycles. The Morgan fingerprint density at radius 3 is 3.00 bits per heavy atom. The molecule has 1 aliphatic rings. The summed E-state index contributed by atoms with van der Waals surface area (Å²) in [5, 5.41) is 11.8. The zero-order chi connectivity index (χ0) is 14.2. The molecule has 1 saturated heterocycles. The lowest BCUT2D eigenvalue weighted by Gasteiger charge is -2.36. The van der Waals surface area contributed by atoms with E-state index in [9.17, 15) is 5.11 Å². The number of para-hydroxylation sites is 1. The van der Waals surface area contributed by atoms with Crippen LogP contribution < -0.4 is 0 Å². The van der Waals surface area contributed by atoms with Crippen LogP contribution in [-0.4, -0.2) is 33.7 Å². The Balaban J connectivity index is 1.85. The van der Waals surface area contributed by atoms with Crippen molar-refractivity contribution in [1.82, 2.24) is 9.88 Å². The van der Waals surface area contributed by atoms with Crippen LogP contribution in [0.5, 0.6) is 0 Å². The molecule has 0 spiro atoms. The van der Waals surface area contributed by atoms with Crippen LogP contribution in [0.15, 0.2) is 30.3 Å². The first-order valence-corrected chi connectivity index (χ1v) is 7.40. The van der Waals surface area contributed by atoms with E-state index in [1.165, 1.54) is 0 Å². The van der Waals surface area contributed by atoms with Gasteiger partial charge in [0.2, 0.25) is 0 Å². The first kappa shape index (κ1) is 13.8. The van der Waals surface area contributed by atoms with Crippen LogP contribution in [0.3, 0.4) is 0 Å². The normalized spacial score (nSPS) is 24.1. The molecule has 2 aromatic rings. The summed E-state index contributed by atoms with van der Waals surface area (Å²) in [5.41, 5.74) is 1.37. The first-order chi connectivity index (χ1) is 9.53. The molecule has 0 amide bonds. The average Bonchev–Trinajstić information content (AvgIpc) is 2.38. The van der Waals surface area contributed by atoms with E-state index in [2.05, 4.69) is 22.0 Å². The predicted molar refractivity (Wildman–Crippen MR) is 81.9 cm³/mol. The molecule has 1 fully saturated rings. The summed E-state index contributed by atoms with van der Waals surface area (Å²) < 4.78 is 0. The summed E-state index contributed by atoms with van der Waals surface area (Å²) in [6.45, 7) is 4.34. The van der Waals surface area contributed by atoms with Crippen LogP contribution >= 0.6 is 11.6 Å². The van der Waals surface area contributed by atoms with Crippen LogP contribution in [0.4, 0.5) is 0 Å². The summed E-state index contributed by atoms with van der Waals surface area (Å²) in [6.07, 6.45) is 1.89. The van der Waals surface area contributed by atoms with Gasteiger partial charge in [0.1, 0.15) is 5.15 Å². The third-order valence-corrected chi connectivity index (χ3v) is 4.23. The first-order valence-electron chi connectivity index (χ1n) is 7.02. The van der Waals surface area contributed by atoms with Crippen LogP contribution in [0.25, 0.3) is 10.9 Å². The molecule has 4 heteroatoms. The Morgan fingerprint density at radius 2 is 2.20 bits per heavy atom. The zero-order valence-electron chi connectivity index (χ0n) is 11.6. The number of rotatable bonds is 2. The second-order valence-corrected chi connectivity index (χ2v) is 6.30. The van der Waals surface area contributed by atoms with Crippen molar-refractivity contribution in [3.05, 3.63) is 41.0 Å². The Kier molecular flexibility index (Phi) is 3.67. The van der Waals surface area contributed by atoms with Crippen molar-refractivity contribution in [3.8, 4) is 0 Å². The lowest BCUT2D eigenvalue weighted by atomic mass is 9.95. The lowest BCUT2D eigenvalue weighted by molar-refractivity contribution is -0.0181. The minimum atomic E-state index is -0.588. The number of aliphatic hydroxyl groups is 1. The topological polar surface area (TPSA) is 36.4 Å². The summed E-state index contributed by atoms with van der Waals surface area (Å²) in [6, 6.07) is 10.1. The van der Waals surface area contributed by atoms with E-state index < -0.39 is 5.60 Å². The molecule has 1 aromatic heterocycles. The Hall–Kier alpha value is -1.16. The lowest BCUT2D eigenvalue weighted by Crippen LogP contribution is -2.45. The van der Waals surface area contributed by atoms with Gasteiger partial charge in [-0.25, -0.2) is 4.98 Å². The molecule has 2 heterocycles. The van der Waals surface area contributed by atoms with Gasteiger partial charge in [-0.3, -0.25) is 4.90 Å². The Morgan fingerprint density at radius 1 is 1.40 bits per heavy atom. The molecule has 20 heavy (non-hydrogen) atoms. The van der Waals surface area contributed by atoms with Crippen LogP contribution in [0, 0.1) is 0 Å². The number of likely N-dealkylation sites (tertiary alicyclic amines) is 1. The molecule has 3 nitrogen and oxygen atoms in total. The number of fused-ring (bicyclic) bond motifs is 1. The number of hydrogen-bond acceptors (Lipinski definition) is 3. The maximum absolute atomic E-state index is 10.2. The van der Waals surface area contributed by atoms with Crippen molar-refractivity contribution in [1.29, 1.82) is 0 Å². The van der Waals surface area contributed by atoms with Gasteiger partial charge in [-0.05, 0) is 38.4 Å². The number of aromatic nitrogens is 1. The van der Waals surface area contributed by atoms with Gasteiger partial charge in [0.15, 0.2) is 0 Å². The number of pyridine rings is 1. The molecule has 0 bridgehead atoms. The molecule has 1 unspecified atom stereocenters. The molecular formula is C16H19ClN2O. The standard InChI is InChI=1S/C16H19ClN2O/c1-16(20)7-4-8-19(11-16)10-13-9-12-5-2-3-6-14(12)18-15(13)17/h2-3,5-6,9,20H,4,7-8,10-11H2,1H3. The molecule has 1 aliphatic heterocycles. The number of benzene rings is 1. The summed E-state index contributed by atoms with van der Waals surface area (Å²) in [7, 11) is 0. The van der Waals surface area contributed by atoms with Gasteiger partial charge in [-0.2, -0.15) is 0 Å². The third-order valence-electron chi connectivity index (χ3n) is 3.90. The second-order valence-electron chi connectivity index (χ2n) is 5.94. The maximum atomic E-state index is 10.2. The quantitative estimate of drug-likeness (QED) is 0.863. The van der Waals surface area contributed by atoms with E-state index in [0.29, 0.717) is 11.7 Å². The smallest absolute Gasteiger partial charge is 0.134 e. The fourth-order valence-electron chi connectivity index (χ4n) is 2.95. The number of halogens is 1. The van der Waals surface area contributed by atoms with Gasteiger partial charge in [0, 0.05) is 24.0 Å². The summed E-state index contributed by atoms with van der Waals surface area (Å²) in [4.78, 5) is 6.70. The number of piperidine rings is 1. The van der Waals surface area contributed by atoms with E-state index in [0.717, 1.165) is 42.4 Å². The van der Waals surface area contributed by atoms with Crippen molar-refractivity contribution in [2.75, 3.05) is 13.1 Å². The minimum absolute atomic E-state index is 0.564. The van der Waals surface area contributed by atoms with E-state index >= 15 is 0 Å². The molecule has 0 radical (unpaired) electrons. The van der Waals surface area contributed by atoms with Crippen molar-refractivity contribution < 1.29 is 5.11 Å². The SMILES string of the molecule is CC1(O)CCCN(Cc2cc3ccccc3nc2Cl)C1. The number of nitrogens with zero attached hydrogens (tertiary/aromatic N) is 2. The fourth-order valence-corrected chi connectivity index (χ4v) is 3.15. The van der Waals surface area contributed by atoms with Crippen molar-refractivity contribution >= 4 is 22.5 Å². The van der Waals surface area contributed by atoms with Crippen molar-refractivity contribution in [2.45, 2.75) is 31.9 Å². The number of β-amino-alcohol motifs (C(OH)–C–C–N with tert-alkyl or cyclic N) is 1. The molecule has 3 rings (SSSR count). The van der Waals surface area contributed by atoms with E-state index in [-0.39, 0.29) is 0 Å². The minimum Gasteiger partial charge on any atom is -0.389 e. The van der Waals surface area contributed by atoms with Crippen molar-refractivity contribution in [2.24, 2.45) is 0 Å². The molecular weight excluding hydrogens is 272 g/mol. The largest absolute Gasteiger partial charge is 0.389 e. The average molecular weight is 291 g/mol. The van der Waals surface area contributed by atoms with Gasteiger partial charge >= 0.3 is 0 Å². The monoisotopic (exact) mass is 290 g/mol. The van der Waals surface area contributed by atoms with Crippen LogP contribution in [0.1, 0.15) is 25.3 Å². The molecule has 1 N–H and O–H groups in total. The van der Waals surface area contributed by atoms with Gasteiger partial charge in [0.25, 0.3) is 0 Å². The highest BCUT2D eigenvalue weighted by Crippen LogP contribution is 2.25. The van der Waals surface area contributed by atoms with Crippen LogP contribution in [0.2, 0.25) is 5.15 Å². The third kappa shape index (κ3) is 2.95. The maximum Gasteiger partial charge on any atom is 0.134 e. The highest BCUT2D eigenvalue weighted by molar-refractivity contribution is 6.30. The zero-order valence-corrected chi connectivity index (χ0v) is 12.4. The Labute approximate surface area is 124 Å².